The summed E-state index contributed by atoms with van der Waals surface area (Å²) in [6, 6.07) is 10.0. The van der Waals surface area contributed by atoms with Crippen molar-refractivity contribution in [3.8, 4) is 0 Å². The number of carbonyl (C=O) groups excluding carboxylic acids is 2. The molecule has 0 bridgehead atoms. The van der Waals surface area contributed by atoms with E-state index in [-0.39, 0.29) is 36.8 Å². The lowest BCUT2D eigenvalue weighted by Gasteiger charge is -2.38. The molecule has 0 unspecified atom stereocenters. The summed E-state index contributed by atoms with van der Waals surface area (Å²) in [6.45, 7) is 0. The number of benzene rings is 1. The van der Waals surface area contributed by atoms with Crippen LogP contribution >= 0.6 is 0 Å². The highest BCUT2D eigenvalue weighted by atomic mass is 16.3. The van der Waals surface area contributed by atoms with Crippen molar-refractivity contribution >= 4 is 11.8 Å². The molecule has 126 valence electrons. The summed E-state index contributed by atoms with van der Waals surface area (Å²) in [6.07, 6.45) is 2.40. The number of rotatable bonds is 7. The Labute approximate surface area is 137 Å². The van der Waals surface area contributed by atoms with Crippen LogP contribution in [0.2, 0.25) is 0 Å². The second kappa shape index (κ2) is 8.11. The summed E-state index contributed by atoms with van der Waals surface area (Å²) < 4.78 is 0. The first-order valence-corrected chi connectivity index (χ1v) is 8.17. The van der Waals surface area contributed by atoms with Crippen molar-refractivity contribution in [2.75, 3.05) is 14.1 Å². The minimum absolute atomic E-state index is 0.0164. The summed E-state index contributed by atoms with van der Waals surface area (Å²) in [5.41, 5.74) is 1.17. The molecule has 2 rings (SSSR count). The van der Waals surface area contributed by atoms with E-state index in [1.54, 1.807) is 14.1 Å². The van der Waals surface area contributed by atoms with Crippen LogP contribution in [0.1, 0.15) is 31.2 Å². The molecule has 1 aromatic rings. The van der Waals surface area contributed by atoms with Gasteiger partial charge in [0.1, 0.15) is 0 Å². The molecule has 1 aliphatic carbocycles. The Morgan fingerprint density at radius 3 is 2.43 bits per heavy atom. The van der Waals surface area contributed by atoms with E-state index in [4.69, 9.17) is 0 Å². The van der Waals surface area contributed by atoms with Crippen LogP contribution in [0.5, 0.6) is 0 Å². The normalized spacial score (nSPS) is 21.2. The maximum absolute atomic E-state index is 12.2. The van der Waals surface area contributed by atoms with Crippen LogP contribution in [0, 0.1) is 5.92 Å². The van der Waals surface area contributed by atoms with E-state index in [1.807, 2.05) is 30.3 Å². The fourth-order valence-corrected chi connectivity index (χ4v) is 2.89. The third-order valence-corrected chi connectivity index (χ3v) is 4.43. The molecule has 1 atom stereocenters. The lowest BCUT2D eigenvalue weighted by molar-refractivity contribution is -0.132. The second-order valence-corrected chi connectivity index (χ2v) is 6.54. The number of nitrogens with zero attached hydrogens (tertiary/aromatic N) is 1. The Kier molecular flexibility index (Phi) is 6.16. The highest BCUT2D eigenvalue weighted by molar-refractivity contribution is 5.83. The van der Waals surface area contributed by atoms with Gasteiger partial charge in [-0.3, -0.25) is 9.59 Å². The average molecular weight is 318 g/mol. The molecule has 1 fully saturated rings. The molecule has 2 N–H and O–H groups in total. The van der Waals surface area contributed by atoms with E-state index >= 15 is 0 Å². The first-order chi connectivity index (χ1) is 11.0. The molecule has 1 aromatic carbocycles. The molecular formula is C18H26N2O3. The number of amides is 2. The average Bonchev–Trinajstić information content (AvgIpc) is 2.49. The van der Waals surface area contributed by atoms with Gasteiger partial charge >= 0.3 is 0 Å². The van der Waals surface area contributed by atoms with Gasteiger partial charge in [0.05, 0.1) is 6.10 Å². The number of nitrogens with one attached hydrogen (secondary N) is 1. The third kappa shape index (κ3) is 5.36. The Bertz CT molecular complexity index is 524. The zero-order valence-electron chi connectivity index (χ0n) is 13.9. The Balaban J connectivity index is 1.89. The molecule has 1 aliphatic rings. The van der Waals surface area contributed by atoms with E-state index in [9.17, 15) is 14.7 Å². The number of hydrogen-bond acceptors (Lipinski definition) is 3. The number of hydrogen-bond donors (Lipinski definition) is 2. The van der Waals surface area contributed by atoms with Gasteiger partial charge in [0.15, 0.2) is 0 Å². The van der Waals surface area contributed by atoms with Crippen LogP contribution in [0.4, 0.5) is 0 Å². The quantitative estimate of drug-likeness (QED) is 0.797. The molecule has 0 radical (unpaired) electrons. The topological polar surface area (TPSA) is 69.6 Å². The zero-order valence-corrected chi connectivity index (χ0v) is 13.9. The van der Waals surface area contributed by atoms with Crippen LogP contribution in [-0.4, -0.2) is 48.1 Å². The first kappa shape index (κ1) is 17.5. The van der Waals surface area contributed by atoms with Gasteiger partial charge in [-0.05, 0) is 30.7 Å². The van der Waals surface area contributed by atoms with Gasteiger partial charge in [0.25, 0.3) is 0 Å². The van der Waals surface area contributed by atoms with E-state index in [2.05, 4.69) is 5.32 Å². The van der Waals surface area contributed by atoms with Crippen LogP contribution < -0.4 is 5.32 Å². The number of carbonyl (C=O) groups is 2. The molecule has 23 heavy (non-hydrogen) atoms. The molecule has 5 nitrogen and oxygen atoms in total. The van der Waals surface area contributed by atoms with Crippen molar-refractivity contribution < 1.29 is 14.7 Å². The fraction of sp³-hybridized carbons (Fsp3) is 0.556. The van der Waals surface area contributed by atoms with Crippen molar-refractivity contribution in [2.24, 2.45) is 5.92 Å². The van der Waals surface area contributed by atoms with Crippen LogP contribution in [-0.2, 0) is 16.0 Å². The van der Waals surface area contributed by atoms with Crippen LogP contribution in [0.25, 0.3) is 0 Å². The van der Waals surface area contributed by atoms with Crippen molar-refractivity contribution in [1.29, 1.82) is 0 Å². The maximum Gasteiger partial charge on any atom is 0.222 e. The Hall–Kier alpha value is -1.88. The molecule has 0 saturated heterocycles. The van der Waals surface area contributed by atoms with Gasteiger partial charge in [-0.15, -0.1) is 0 Å². The van der Waals surface area contributed by atoms with Crippen LogP contribution in [0.3, 0.4) is 0 Å². The highest BCUT2D eigenvalue weighted by Gasteiger charge is 2.34. The Morgan fingerprint density at radius 1 is 1.22 bits per heavy atom. The molecule has 0 aliphatic heterocycles. The van der Waals surface area contributed by atoms with Crippen molar-refractivity contribution in [1.82, 2.24) is 10.2 Å². The molecule has 0 heterocycles. The van der Waals surface area contributed by atoms with Gasteiger partial charge in [-0.25, -0.2) is 0 Å². The van der Waals surface area contributed by atoms with E-state index < -0.39 is 0 Å². The maximum atomic E-state index is 12.2. The van der Waals surface area contributed by atoms with Gasteiger partial charge in [-0.1, -0.05) is 30.3 Å². The summed E-state index contributed by atoms with van der Waals surface area (Å²) in [5.74, 6) is 0.167. The number of aliphatic hydroxyl groups excluding tert-OH is 1. The smallest absolute Gasteiger partial charge is 0.222 e. The first-order valence-electron chi connectivity index (χ1n) is 8.17. The minimum Gasteiger partial charge on any atom is -0.393 e. The minimum atomic E-state index is -0.245. The standard InChI is InChI=1S/C18H26N2O3/c1-20(2)18(23)9-8-17(22)19-16(14-11-15(21)12-14)10-13-6-4-3-5-7-13/h3-7,14-16,21H,8-12H2,1-2H3,(H,19,22)/t14?,15?,16-/m1/s1. The molecule has 0 spiro atoms. The van der Waals surface area contributed by atoms with Gasteiger partial charge < -0.3 is 15.3 Å². The largest absolute Gasteiger partial charge is 0.393 e. The predicted molar refractivity (Wildman–Crippen MR) is 88.7 cm³/mol. The van der Waals surface area contributed by atoms with Gasteiger partial charge in [-0.2, -0.15) is 0 Å². The SMILES string of the molecule is CN(C)C(=O)CCC(=O)N[C@H](Cc1ccccc1)C1CC(O)C1. The molecule has 1 saturated carbocycles. The molecule has 0 aromatic heterocycles. The van der Waals surface area contributed by atoms with Crippen molar-refractivity contribution in [3.63, 3.8) is 0 Å². The van der Waals surface area contributed by atoms with Gasteiger partial charge in [0.2, 0.25) is 11.8 Å². The lowest BCUT2D eigenvalue weighted by Crippen LogP contribution is -2.48. The van der Waals surface area contributed by atoms with E-state index in [1.165, 1.54) is 10.5 Å². The summed E-state index contributed by atoms with van der Waals surface area (Å²) in [4.78, 5) is 25.2. The number of aliphatic hydroxyl groups is 1. The van der Waals surface area contributed by atoms with Crippen molar-refractivity contribution in [2.45, 2.75) is 44.2 Å². The lowest BCUT2D eigenvalue weighted by atomic mass is 9.75. The second-order valence-electron chi connectivity index (χ2n) is 6.54. The van der Waals surface area contributed by atoms with Gasteiger partial charge in [0, 0.05) is 33.0 Å². The summed E-state index contributed by atoms with van der Waals surface area (Å²) >= 11 is 0. The zero-order chi connectivity index (χ0) is 16.8. The van der Waals surface area contributed by atoms with Crippen LogP contribution in [0.15, 0.2) is 30.3 Å². The third-order valence-electron chi connectivity index (χ3n) is 4.43. The monoisotopic (exact) mass is 318 g/mol. The van der Waals surface area contributed by atoms with E-state index in [0.717, 1.165) is 19.3 Å². The fourth-order valence-electron chi connectivity index (χ4n) is 2.89. The predicted octanol–water partition coefficient (Wildman–Crippen LogP) is 1.35. The molecule has 2 amide bonds. The Morgan fingerprint density at radius 2 is 1.87 bits per heavy atom. The highest BCUT2D eigenvalue weighted by Crippen LogP contribution is 2.31. The summed E-state index contributed by atoms with van der Waals surface area (Å²) in [5, 5.41) is 12.6. The molecule has 5 heteroatoms. The summed E-state index contributed by atoms with van der Waals surface area (Å²) in [7, 11) is 3.38. The van der Waals surface area contributed by atoms with Crippen molar-refractivity contribution in [3.05, 3.63) is 35.9 Å². The van der Waals surface area contributed by atoms with E-state index in [0.29, 0.717) is 5.92 Å². The molecular weight excluding hydrogens is 292 g/mol.